The summed E-state index contributed by atoms with van der Waals surface area (Å²) in [6.07, 6.45) is 2.63. The van der Waals surface area contributed by atoms with Crippen molar-refractivity contribution in [2.75, 3.05) is 26.7 Å². The van der Waals surface area contributed by atoms with Gasteiger partial charge in [-0.3, -0.25) is 4.90 Å². The van der Waals surface area contributed by atoms with Gasteiger partial charge in [-0.05, 0) is 57.5 Å². The van der Waals surface area contributed by atoms with Gasteiger partial charge in [-0.1, -0.05) is 34.1 Å². The molecule has 1 N–H and O–H groups in total. The number of hydrogen-bond donors (Lipinski definition) is 1. The molecule has 100 valence electrons. The molecule has 1 aliphatic rings. The zero-order valence-electron chi connectivity index (χ0n) is 11.3. The molecule has 0 aliphatic carbocycles. The molecule has 1 atom stereocenters. The normalized spacial score (nSPS) is 19.1. The Labute approximate surface area is 119 Å². The first-order valence-corrected chi connectivity index (χ1v) is 7.63. The van der Waals surface area contributed by atoms with Crippen LogP contribution in [0.2, 0.25) is 0 Å². The van der Waals surface area contributed by atoms with Crippen LogP contribution in [-0.2, 0) is 0 Å². The van der Waals surface area contributed by atoms with E-state index < -0.39 is 0 Å². The Bertz CT molecular complexity index is 375. The molecule has 18 heavy (non-hydrogen) atoms. The van der Waals surface area contributed by atoms with Crippen LogP contribution in [0.15, 0.2) is 28.7 Å². The minimum atomic E-state index is 0.468. The van der Waals surface area contributed by atoms with Crippen LogP contribution in [0.1, 0.15) is 31.4 Å². The van der Waals surface area contributed by atoms with Crippen LogP contribution < -0.4 is 5.32 Å². The minimum absolute atomic E-state index is 0.468. The summed E-state index contributed by atoms with van der Waals surface area (Å²) in [6, 6.07) is 9.01. The van der Waals surface area contributed by atoms with E-state index in [1.54, 1.807) is 0 Å². The fourth-order valence-corrected chi connectivity index (χ4v) is 3.30. The van der Waals surface area contributed by atoms with E-state index in [4.69, 9.17) is 0 Å². The number of nitrogens with one attached hydrogen (secondary N) is 1. The van der Waals surface area contributed by atoms with Gasteiger partial charge in [-0.15, -0.1) is 0 Å². The predicted octanol–water partition coefficient (Wildman–Crippen LogP) is 3.44. The van der Waals surface area contributed by atoms with Crippen molar-refractivity contribution < 1.29 is 0 Å². The highest BCUT2D eigenvalue weighted by Gasteiger charge is 2.19. The third-order valence-electron chi connectivity index (χ3n) is 4.02. The summed E-state index contributed by atoms with van der Waals surface area (Å²) < 4.78 is 1.22. The quantitative estimate of drug-likeness (QED) is 0.916. The Morgan fingerprint density at radius 1 is 1.33 bits per heavy atom. The standard InChI is InChI=1S/C15H23BrN2/c1-12(14-5-3-4-6-15(14)16)18(2)11-13-7-9-17-10-8-13/h3-6,12-13,17H,7-11H2,1-2H3. The average Bonchev–Trinajstić information content (AvgIpc) is 2.39. The van der Waals surface area contributed by atoms with Crippen molar-refractivity contribution in [3.8, 4) is 0 Å². The monoisotopic (exact) mass is 310 g/mol. The van der Waals surface area contributed by atoms with E-state index in [9.17, 15) is 0 Å². The molecule has 1 unspecified atom stereocenters. The first-order chi connectivity index (χ1) is 8.68. The van der Waals surface area contributed by atoms with Gasteiger partial charge in [-0.2, -0.15) is 0 Å². The molecule has 1 heterocycles. The van der Waals surface area contributed by atoms with Gasteiger partial charge in [0.15, 0.2) is 0 Å². The molecule has 1 aromatic carbocycles. The fraction of sp³-hybridized carbons (Fsp3) is 0.600. The molecule has 0 bridgehead atoms. The molecule has 0 saturated carbocycles. The number of halogens is 1. The van der Waals surface area contributed by atoms with Gasteiger partial charge in [0.05, 0.1) is 0 Å². The van der Waals surface area contributed by atoms with E-state index in [1.807, 2.05) is 0 Å². The lowest BCUT2D eigenvalue weighted by molar-refractivity contribution is 0.196. The van der Waals surface area contributed by atoms with E-state index in [0.717, 1.165) is 5.92 Å². The van der Waals surface area contributed by atoms with Crippen LogP contribution >= 0.6 is 15.9 Å². The van der Waals surface area contributed by atoms with E-state index in [0.29, 0.717) is 6.04 Å². The zero-order valence-corrected chi connectivity index (χ0v) is 12.9. The van der Waals surface area contributed by atoms with E-state index in [-0.39, 0.29) is 0 Å². The molecule has 2 rings (SSSR count). The predicted molar refractivity (Wildman–Crippen MR) is 80.8 cm³/mol. The van der Waals surface area contributed by atoms with Gasteiger partial charge in [0.2, 0.25) is 0 Å². The molecule has 2 nitrogen and oxygen atoms in total. The third kappa shape index (κ3) is 3.56. The molecular weight excluding hydrogens is 288 g/mol. The smallest absolute Gasteiger partial charge is 0.0328 e. The highest BCUT2D eigenvalue weighted by molar-refractivity contribution is 9.10. The van der Waals surface area contributed by atoms with Crippen molar-refractivity contribution in [3.05, 3.63) is 34.3 Å². The number of rotatable bonds is 4. The van der Waals surface area contributed by atoms with E-state index >= 15 is 0 Å². The second kappa shape index (κ2) is 6.69. The maximum Gasteiger partial charge on any atom is 0.0328 e. The van der Waals surface area contributed by atoms with E-state index in [1.165, 1.54) is 42.5 Å². The lowest BCUT2D eigenvalue weighted by Gasteiger charge is -2.31. The minimum Gasteiger partial charge on any atom is -0.317 e. The van der Waals surface area contributed by atoms with Crippen molar-refractivity contribution in [3.63, 3.8) is 0 Å². The third-order valence-corrected chi connectivity index (χ3v) is 4.74. The molecule has 0 radical (unpaired) electrons. The van der Waals surface area contributed by atoms with Crippen LogP contribution in [0.25, 0.3) is 0 Å². The maximum absolute atomic E-state index is 3.65. The van der Waals surface area contributed by atoms with Crippen LogP contribution in [0, 0.1) is 5.92 Å². The van der Waals surface area contributed by atoms with E-state index in [2.05, 4.69) is 64.4 Å². The second-order valence-corrected chi connectivity index (χ2v) is 6.18. The van der Waals surface area contributed by atoms with Crippen LogP contribution in [0.4, 0.5) is 0 Å². The first kappa shape index (κ1) is 14.0. The Morgan fingerprint density at radius 2 is 2.00 bits per heavy atom. The molecule has 0 amide bonds. The van der Waals surface area contributed by atoms with Gasteiger partial charge >= 0.3 is 0 Å². The van der Waals surface area contributed by atoms with Crippen LogP contribution in [0.3, 0.4) is 0 Å². The first-order valence-electron chi connectivity index (χ1n) is 6.84. The number of hydrogen-bond acceptors (Lipinski definition) is 2. The van der Waals surface area contributed by atoms with Gasteiger partial charge < -0.3 is 5.32 Å². The Hall–Kier alpha value is -0.380. The lowest BCUT2D eigenvalue weighted by Crippen LogP contribution is -2.35. The summed E-state index contributed by atoms with van der Waals surface area (Å²) in [6.45, 7) is 5.86. The summed E-state index contributed by atoms with van der Waals surface area (Å²) in [5.41, 5.74) is 1.38. The van der Waals surface area contributed by atoms with Crippen molar-refractivity contribution in [2.24, 2.45) is 5.92 Å². The number of benzene rings is 1. The van der Waals surface area contributed by atoms with Crippen LogP contribution in [0.5, 0.6) is 0 Å². The van der Waals surface area contributed by atoms with Crippen molar-refractivity contribution in [2.45, 2.75) is 25.8 Å². The number of nitrogens with zero attached hydrogens (tertiary/aromatic N) is 1. The summed E-state index contributed by atoms with van der Waals surface area (Å²) in [4.78, 5) is 2.48. The molecule has 0 spiro atoms. The molecule has 1 saturated heterocycles. The number of piperidine rings is 1. The SMILES string of the molecule is CC(c1ccccc1Br)N(C)CC1CCNCC1. The maximum atomic E-state index is 3.65. The highest BCUT2D eigenvalue weighted by atomic mass is 79.9. The summed E-state index contributed by atoms with van der Waals surface area (Å²) in [7, 11) is 2.24. The van der Waals surface area contributed by atoms with Crippen molar-refractivity contribution in [1.82, 2.24) is 10.2 Å². The molecular formula is C15H23BrN2. The summed E-state index contributed by atoms with van der Waals surface area (Å²) >= 11 is 3.65. The van der Waals surface area contributed by atoms with Crippen molar-refractivity contribution >= 4 is 15.9 Å². The van der Waals surface area contributed by atoms with Gasteiger partial charge in [-0.25, -0.2) is 0 Å². The Morgan fingerprint density at radius 3 is 2.67 bits per heavy atom. The Balaban J connectivity index is 1.95. The second-order valence-electron chi connectivity index (χ2n) is 5.33. The van der Waals surface area contributed by atoms with Crippen molar-refractivity contribution in [1.29, 1.82) is 0 Å². The van der Waals surface area contributed by atoms with Gasteiger partial charge in [0.1, 0.15) is 0 Å². The summed E-state index contributed by atoms with van der Waals surface area (Å²) in [5.74, 6) is 0.848. The highest BCUT2D eigenvalue weighted by Crippen LogP contribution is 2.27. The lowest BCUT2D eigenvalue weighted by atomic mass is 9.96. The zero-order chi connectivity index (χ0) is 13.0. The summed E-state index contributed by atoms with van der Waals surface area (Å²) in [5, 5.41) is 3.43. The van der Waals surface area contributed by atoms with Crippen LogP contribution in [-0.4, -0.2) is 31.6 Å². The molecule has 0 aromatic heterocycles. The molecule has 1 aromatic rings. The van der Waals surface area contributed by atoms with Gasteiger partial charge in [0.25, 0.3) is 0 Å². The molecule has 1 aliphatic heterocycles. The molecule has 1 fully saturated rings. The topological polar surface area (TPSA) is 15.3 Å². The average molecular weight is 311 g/mol. The molecule has 3 heteroatoms. The van der Waals surface area contributed by atoms with Gasteiger partial charge in [0, 0.05) is 17.1 Å². The fourth-order valence-electron chi connectivity index (χ4n) is 2.68. The Kier molecular flexibility index (Phi) is 5.22. The largest absolute Gasteiger partial charge is 0.317 e.